The van der Waals surface area contributed by atoms with Crippen LogP contribution in [0.4, 0.5) is 5.82 Å². The van der Waals surface area contributed by atoms with Crippen molar-refractivity contribution < 1.29 is 4.74 Å². The molecule has 1 heterocycles. The van der Waals surface area contributed by atoms with Crippen molar-refractivity contribution in [2.45, 2.75) is 26.3 Å². The second-order valence-electron chi connectivity index (χ2n) is 3.98. The molecule has 0 aliphatic heterocycles. The summed E-state index contributed by atoms with van der Waals surface area (Å²) in [6, 6.07) is 0. The first-order chi connectivity index (χ1) is 6.75. The highest BCUT2D eigenvalue weighted by Crippen LogP contribution is 2.28. The molecule has 0 aromatic carbocycles. The molecule has 1 aromatic rings. The molecule has 0 amide bonds. The molecule has 0 atom stereocenters. The van der Waals surface area contributed by atoms with Crippen molar-refractivity contribution in [2.75, 3.05) is 18.9 Å². The predicted molar refractivity (Wildman–Crippen MR) is 54.9 cm³/mol. The first-order valence-electron chi connectivity index (χ1n) is 5.13. The lowest BCUT2D eigenvalue weighted by Gasteiger charge is -2.02. The fourth-order valence-corrected chi connectivity index (χ4v) is 1.34. The zero-order valence-electron chi connectivity index (χ0n) is 8.57. The summed E-state index contributed by atoms with van der Waals surface area (Å²) in [7, 11) is 0. The molecule has 2 N–H and O–H groups in total. The largest absolute Gasteiger partial charge is 0.382 e. The van der Waals surface area contributed by atoms with E-state index < -0.39 is 0 Å². The molecular weight excluding hydrogens is 178 g/mol. The zero-order chi connectivity index (χ0) is 9.97. The second kappa shape index (κ2) is 4.00. The summed E-state index contributed by atoms with van der Waals surface area (Å²) in [6.07, 6.45) is 4.64. The van der Waals surface area contributed by atoms with Crippen molar-refractivity contribution in [3.8, 4) is 0 Å². The maximum atomic E-state index is 5.63. The third kappa shape index (κ3) is 2.48. The average Bonchev–Trinajstić information content (AvgIpc) is 2.90. The highest BCUT2D eigenvalue weighted by Gasteiger charge is 2.20. The van der Waals surface area contributed by atoms with Crippen LogP contribution in [0, 0.1) is 12.8 Å². The van der Waals surface area contributed by atoms with Crippen molar-refractivity contribution in [3.63, 3.8) is 0 Å². The molecule has 1 aromatic heterocycles. The van der Waals surface area contributed by atoms with E-state index in [1.807, 2.05) is 17.8 Å². The van der Waals surface area contributed by atoms with E-state index in [1.165, 1.54) is 12.8 Å². The lowest BCUT2D eigenvalue weighted by molar-refractivity contribution is 0.114. The van der Waals surface area contributed by atoms with Gasteiger partial charge in [0.2, 0.25) is 0 Å². The third-order valence-electron chi connectivity index (χ3n) is 2.50. The fourth-order valence-electron chi connectivity index (χ4n) is 1.34. The monoisotopic (exact) mass is 195 g/mol. The molecule has 2 rings (SSSR count). The Morgan fingerprint density at radius 3 is 3.00 bits per heavy atom. The SMILES string of the molecule is Cc1cn(CCOCC2CC2)nc1N. The minimum atomic E-state index is 0.618. The van der Waals surface area contributed by atoms with Crippen molar-refractivity contribution in [2.24, 2.45) is 5.92 Å². The van der Waals surface area contributed by atoms with Gasteiger partial charge in [0.15, 0.2) is 0 Å². The molecule has 4 heteroatoms. The van der Waals surface area contributed by atoms with E-state index in [0.717, 1.165) is 31.2 Å². The topological polar surface area (TPSA) is 53.1 Å². The van der Waals surface area contributed by atoms with Gasteiger partial charge < -0.3 is 10.5 Å². The van der Waals surface area contributed by atoms with Crippen molar-refractivity contribution in [1.82, 2.24) is 9.78 Å². The van der Waals surface area contributed by atoms with Crippen molar-refractivity contribution in [3.05, 3.63) is 11.8 Å². The molecule has 4 nitrogen and oxygen atoms in total. The molecule has 78 valence electrons. The van der Waals surface area contributed by atoms with Crippen LogP contribution in [0.1, 0.15) is 18.4 Å². The summed E-state index contributed by atoms with van der Waals surface area (Å²) in [5.74, 6) is 1.45. The molecule has 0 saturated heterocycles. The van der Waals surface area contributed by atoms with Gasteiger partial charge in [-0.25, -0.2) is 0 Å². The molecule has 0 bridgehead atoms. The summed E-state index contributed by atoms with van der Waals surface area (Å²) in [5, 5.41) is 4.16. The van der Waals surface area contributed by atoms with Gasteiger partial charge in [-0.3, -0.25) is 4.68 Å². The van der Waals surface area contributed by atoms with Gasteiger partial charge in [0.05, 0.1) is 13.2 Å². The number of hydrogen-bond donors (Lipinski definition) is 1. The van der Waals surface area contributed by atoms with Gasteiger partial charge in [0, 0.05) is 18.4 Å². The Morgan fingerprint density at radius 1 is 1.64 bits per heavy atom. The van der Waals surface area contributed by atoms with Gasteiger partial charge in [0.25, 0.3) is 0 Å². The summed E-state index contributed by atoms with van der Waals surface area (Å²) in [6.45, 7) is 4.40. The van der Waals surface area contributed by atoms with Crippen LogP contribution in [-0.2, 0) is 11.3 Å². The van der Waals surface area contributed by atoms with E-state index in [2.05, 4.69) is 5.10 Å². The highest BCUT2D eigenvalue weighted by atomic mass is 16.5. The lowest BCUT2D eigenvalue weighted by Crippen LogP contribution is -2.08. The quantitative estimate of drug-likeness (QED) is 0.718. The van der Waals surface area contributed by atoms with Crippen LogP contribution in [0.3, 0.4) is 0 Å². The summed E-state index contributed by atoms with van der Waals surface area (Å²) in [4.78, 5) is 0. The van der Waals surface area contributed by atoms with Gasteiger partial charge in [-0.05, 0) is 25.7 Å². The number of anilines is 1. The molecule has 0 radical (unpaired) electrons. The van der Waals surface area contributed by atoms with E-state index in [-0.39, 0.29) is 0 Å². The Balaban J connectivity index is 1.68. The van der Waals surface area contributed by atoms with Crippen LogP contribution < -0.4 is 5.73 Å². The first-order valence-corrected chi connectivity index (χ1v) is 5.13. The third-order valence-corrected chi connectivity index (χ3v) is 2.50. The molecule has 1 fully saturated rings. The minimum Gasteiger partial charge on any atom is -0.382 e. The first kappa shape index (κ1) is 9.52. The molecule has 1 aliphatic rings. The van der Waals surface area contributed by atoms with E-state index in [1.54, 1.807) is 0 Å². The van der Waals surface area contributed by atoms with E-state index >= 15 is 0 Å². The number of rotatable bonds is 5. The summed E-state index contributed by atoms with van der Waals surface area (Å²) in [5.41, 5.74) is 6.66. The fraction of sp³-hybridized carbons (Fsp3) is 0.700. The Kier molecular flexibility index (Phi) is 2.72. The maximum Gasteiger partial charge on any atom is 0.148 e. The van der Waals surface area contributed by atoms with Gasteiger partial charge in [-0.1, -0.05) is 0 Å². The molecule has 14 heavy (non-hydrogen) atoms. The molecule has 0 spiro atoms. The van der Waals surface area contributed by atoms with E-state index in [0.29, 0.717) is 5.82 Å². The van der Waals surface area contributed by atoms with E-state index in [9.17, 15) is 0 Å². The van der Waals surface area contributed by atoms with Gasteiger partial charge in [-0.2, -0.15) is 5.10 Å². The molecule has 1 aliphatic carbocycles. The molecule has 0 unspecified atom stereocenters. The van der Waals surface area contributed by atoms with Gasteiger partial charge >= 0.3 is 0 Å². The standard InChI is InChI=1S/C10H17N3O/c1-8-6-13(12-10(8)11)4-5-14-7-9-2-3-9/h6,9H,2-5,7H2,1H3,(H2,11,12). The van der Waals surface area contributed by atoms with E-state index in [4.69, 9.17) is 10.5 Å². The number of nitrogen functional groups attached to an aromatic ring is 1. The smallest absolute Gasteiger partial charge is 0.148 e. The highest BCUT2D eigenvalue weighted by molar-refractivity contribution is 5.35. The van der Waals surface area contributed by atoms with Crippen LogP contribution in [-0.4, -0.2) is 23.0 Å². The number of hydrogen-bond acceptors (Lipinski definition) is 3. The number of nitrogens with two attached hydrogens (primary N) is 1. The number of ether oxygens (including phenoxy) is 1. The Labute approximate surface area is 84.0 Å². The number of aromatic nitrogens is 2. The van der Waals surface area contributed by atoms with Gasteiger partial charge in [-0.15, -0.1) is 0 Å². The normalized spacial score (nSPS) is 16.1. The van der Waals surface area contributed by atoms with Gasteiger partial charge in [0.1, 0.15) is 5.82 Å². The van der Waals surface area contributed by atoms with Crippen molar-refractivity contribution >= 4 is 5.82 Å². The van der Waals surface area contributed by atoms with Crippen LogP contribution in [0.15, 0.2) is 6.20 Å². The Hall–Kier alpha value is -1.03. The number of aryl methyl sites for hydroxylation is 1. The lowest BCUT2D eigenvalue weighted by atomic mass is 10.4. The summed E-state index contributed by atoms with van der Waals surface area (Å²) < 4.78 is 7.35. The van der Waals surface area contributed by atoms with Crippen LogP contribution in [0.2, 0.25) is 0 Å². The number of nitrogens with zero attached hydrogens (tertiary/aromatic N) is 2. The molecular formula is C10H17N3O. The zero-order valence-corrected chi connectivity index (χ0v) is 8.57. The Bertz CT molecular complexity index is 285. The predicted octanol–water partition coefficient (Wildman–Crippen LogP) is 1.20. The van der Waals surface area contributed by atoms with Crippen LogP contribution in [0.5, 0.6) is 0 Å². The summed E-state index contributed by atoms with van der Waals surface area (Å²) >= 11 is 0. The van der Waals surface area contributed by atoms with Crippen molar-refractivity contribution in [1.29, 1.82) is 0 Å². The maximum absolute atomic E-state index is 5.63. The van der Waals surface area contributed by atoms with Crippen LogP contribution in [0.25, 0.3) is 0 Å². The average molecular weight is 195 g/mol. The minimum absolute atomic E-state index is 0.618. The van der Waals surface area contributed by atoms with Crippen LogP contribution >= 0.6 is 0 Å². The Morgan fingerprint density at radius 2 is 2.43 bits per heavy atom. The second-order valence-corrected chi connectivity index (χ2v) is 3.98. The molecule has 1 saturated carbocycles.